The van der Waals surface area contributed by atoms with Gasteiger partial charge in [-0.3, -0.25) is 0 Å². The standard InChI is InChI=1S/C21H20N4O2/c1-13-18-19(14-8-10-16(26-2)11-9-14)17(12-22)20(23)27-21(18)25(24-13)15-6-4-3-5-7-15/h3-11,18-19,21H,23H2,1-2H3/t18-,19+,21+/m1/s1. The van der Waals surface area contributed by atoms with Crippen LogP contribution in [0.15, 0.2) is 71.2 Å². The van der Waals surface area contributed by atoms with Gasteiger partial charge in [-0.15, -0.1) is 0 Å². The lowest BCUT2D eigenvalue weighted by Crippen LogP contribution is -2.43. The third-order valence-corrected chi connectivity index (χ3v) is 5.10. The highest BCUT2D eigenvalue weighted by Gasteiger charge is 2.48. The molecule has 6 heteroatoms. The topological polar surface area (TPSA) is 83.9 Å². The minimum atomic E-state index is -0.392. The lowest BCUT2D eigenvalue weighted by molar-refractivity contribution is 0.0662. The minimum absolute atomic E-state index is 0.111. The molecule has 0 saturated carbocycles. The molecular formula is C21H20N4O2. The van der Waals surface area contributed by atoms with Gasteiger partial charge in [-0.1, -0.05) is 30.3 Å². The number of nitrogens with two attached hydrogens (primary N) is 1. The molecule has 0 saturated heterocycles. The molecule has 6 nitrogen and oxygen atoms in total. The number of allylic oxidation sites excluding steroid dienone is 1. The lowest BCUT2D eigenvalue weighted by Gasteiger charge is -2.37. The summed E-state index contributed by atoms with van der Waals surface area (Å²) in [5.74, 6) is 0.587. The van der Waals surface area contributed by atoms with Gasteiger partial charge in [-0.25, -0.2) is 5.01 Å². The maximum Gasteiger partial charge on any atom is 0.202 e. The van der Waals surface area contributed by atoms with Gasteiger partial charge in [0.25, 0.3) is 0 Å². The summed E-state index contributed by atoms with van der Waals surface area (Å²) in [5.41, 5.74) is 9.40. The Morgan fingerprint density at radius 3 is 2.48 bits per heavy atom. The van der Waals surface area contributed by atoms with Crippen LogP contribution in [0.5, 0.6) is 5.75 Å². The number of nitriles is 1. The second-order valence-electron chi connectivity index (χ2n) is 6.60. The van der Waals surface area contributed by atoms with Crippen molar-refractivity contribution in [2.45, 2.75) is 19.1 Å². The molecule has 2 heterocycles. The van der Waals surface area contributed by atoms with Gasteiger partial charge in [-0.05, 0) is 36.8 Å². The molecule has 0 amide bonds. The Kier molecular flexibility index (Phi) is 4.21. The van der Waals surface area contributed by atoms with Crippen LogP contribution >= 0.6 is 0 Å². The first-order chi connectivity index (χ1) is 13.1. The molecule has 0 bridgehead atoms. The zero-order valence-electron chi connectivity index (χ0n) is 15.2. The van der Waals surface area contributed by atoms with Crippen molar-refractivity contribution in [3.63, 3.8) is 0 Å². The normalized spacial score (nSPS) is 24.0. The van der Waals surface area contributed by atoms with Gasteiger partial charge in [0, 0.05) is 11.6 Å². The third kappa shape index (κ3) is 2.77. The fourth-order valence-corrected chi connectivity index (χ4v) is 3.80. The number of hydrogen-bond donors (Lipinski definition) is 1. The smallest absolute Gasteiger partial charge is 0.202 e. The van der Waals surface area contributed by atoms with Crippen LogP contribution in [-0.4, -0.2) is 19.0 Å². The molecule has 27 heavy (non-hydrogen) atoms. The molecule has 2 aliphatic rings. The highest BCUT2D eigenvalue weighted by Crippen LogP contribution is 2.45. The number of hydrogen-bond acceptors (Lipinski definition) is 6. The summed E-state index contributed by atoms with van der Waals surface area (Å²) in [6, 6.07) is 19.8. The molecule has 0 fully saturated rings. The van der Waals surface area contributed by atoms with E-state index in [1.165, 1.54) is 0 Å². The summed E-state index contributed by atoms with van der Waals surface area (Å²) >= 11 is 0. The number of anilines is 1. The number of benzene rings is 2. The first-order valence-corrected chi connectivity index (χ1v) is 8.73. The fourth-order valence-electron chi connectivity index (χ4n) is 3.80. The third-order valence-electron chi connectivity index (χ3n) is 5.10. The molecule has 0 radical (unpaired) electrons. The Morgan fingerprint density at radius 1 is 1.15 bits per heavy atom. The zero-order valence-corrected chi connectivity index (χ0v) is 15.2. The van der Waals surface area contributed by atoms with Crippen LogP contribution in [0, 0.1) is 17.2 Å². The van der Waals surface area contributed by atoms with Crippen molar-refractivity contribution in [3.8, 4) is 11.8 Å². The van der Waals surface area contributed by atoms with Gasteiger partial charge in [-0.2, -0.15) is 10.4 Å². The van der Waals surface area contributed by atoms with E-state index in [4.69, 9.17) is 20.3 Å². The number of methoxy groups -OCH3 is 1. The lowest BCUT2D eigenvalue weighted by atomic mass is 9.76. The van der Waals surface area contributed by atoms with Gasteiger partial charge in [0.15, 0.2) is 0 Å². The Hall–Kier alpha value is -3.46. The van der Waals surface area contributed by atoms with E-state index in [1.54, 1.807) is 7.11 Å². The van der Waals surface area contributed by atoms with Crippen molar-refractivity contribution < 1.29 is 9.47 Å². The van der Waals surface area contributed by atoms with Gasteiger partial charge in [0.05, 0.1) is 24.3 Å². The first kappa shape index (κ1) is 17.0. The quantitative estimate of drug-likeness (QED) is 0.907. The monoisotopic (exact) mass is 360 g/mol. The number of ether oxygens (including phenoxy) is 2. The molecule has 0 aliphatic carbocycles. The average molecular weight is 360 g/mol. The van der Waals surface area contributed by atoms with Crippen molar-refractivity contribution >= 4 is 11.4 Å². The molecule has 0 spiro atoms. The Bertz CT molecular complexity index is 944. The van der Waals surface area contributed by atoms with Crippen molar-refractivity contribution in [3.05, 3.63) is 71.6 Å². The molecule has 3 atom stereocenters. The largest absolute Gasteiger partial charge is 0.497 e. The van der Waals surface area contributed by atoms with Gasteiger partial charge < -0.3 is 15.2 Å². The van der Waals surface area contributed by atoms with Crippen molar-refractivity contribution in [1.82, 2.24) is 0 Å². The minimum Gasteiger partial charge on any atom is -0.497 e. The molecule has 2 aromatic carbocycles. The predicted octanol–water partition coefficient (Wildman–Crippen LogP) is 3.34. The van der Waals surface area contributed by atoms with Gasteiger partial charge >= 0.3 is 0 Å². The maximum absolute atomic E-state index is 9.74. The van der Waals surface area contributed by atoms with E-state index in [1.807, 2.05) is 66.5 Å². The van der Waals surface area contributed by atoms with Crippen LogP contribution in [0.25, 0.3) is 0 Å². The Morgan fingerprint density at radius 2 is 1.85 bits per heavy atom. The second kappa shape index (κ2) is 6.69. The van der Waals surface area contributed by atoms with E-state index >= 15 is 0 Å². The van der Waals surface area contributed by atoms with E-state index < -0.39 is 6.23 Å². The van der Waals surface area contributed by atoms with Crippen LogP contribution in [0.3, 0.4) is 0 Å². The molecule has 4 rings (SSSR count). The SMILES string of the molecule is COc1ccc([C@H]2C(C#N)=C(N)O[C@H]3[C@@H]2C(C)=NN3c2ccccc2)cc1. The molecule has 0 aromatic heterocycles. The fraction of sp³-hybridized carbons (Fsp3) is 0.238. The summed E-state index contributed by atoms with van der Waals surface area (Å²) in [6.07, 6.45) is -0.392. The van der Waals surface area contributed by atoms with Crippen LogP contribution < -0.4 is 15.5 Å². The average Bonchev–Trinajstić information content (AvgIpc) is 3.03. The Balaban J connectivity index is 1.79. The van der Waals surface area contributed by atoms with Gasteiger partial charge in [0.1, 0.15) is 11.8 Å². The maximum atomic E-state index is 9.74. The van der Waals surface area contributed by atoms with Crippen LogP contribution in [0.4, 0.5) is 5.69 Å². The zero-order chi connectivity index (χ0) is 19.0. The molecule has 2 N–H and O–H groups in total. The molecule has 136 valence electrons. The van der Waals surface area contributed by atoms with Crippen molar-refractivity contribution in [1.29, 1.82) is 5.26 Å². The highest BCUT2D eigenvalue weighted by atomic mass is 16.5. The second-order valence-corrected chi connectivity index (χ2v) is 6.60. The van der Waals surface area contributed by atoms with E-state index in [-0.39, 0.29) is 17.7 Å². The number of nitrogens with zero attached hydrogens (tertiary/aromatic N) is 3. The number of para-hydroxylation sites is 1. The summed E-state index contributed by atoms with van der Waals surface area (Å²) in [7, 11) is 1.63. The summed E-state index contributed by atoms with van der Waals surface area (Å²) in [5, 5.41) is 16.3. The number of rotatable bonds is 3. The van der Waals surface area contributed by atoms with Crippen LogP contribution in [-0.2, 0) is 4.74 Å². The van der Waals surface area contributed by atoms with Crippen LogP contribution in [0.2, 0.25) is 0 Å². The Labute approximate surface area is 158 Å². The summed E-state index contributed by atoms with van der Waals surface area (Å²) in [4.78, 5) is 0. The predicted molar refractivity (Wildman–Crippen MR) is 103 cm³/mol. The molecular weight excluding hydrogens is 340 g/mol. The van der Waals surface area contributed by atoms with Crippen molar-refractivity contribution in [2.24, 2.45) is 16.8 Å². The van der Waals surface area contributed by atoms with E-state index in [0.717, 1.165) is 22.7 Å². The summed E-state index contributed by atoms with van der Waals surface area (Å²) in [6.45, 7) is 1.97. The molecule has 0 unspecified atom stereocenters. The van der Waals surface area contributed by atoms with E-state index in [2.05, 4.69) is 6.07 Å². The number of fused-ring (bicyclic) bond motifs is 1. The first-order valence-electron chi connectivity index (χ1n) is 8.73. The van der Waals surface area contributed by atoms with E-state index in [0.29, 0.717) is 5.57 Å². The highest BCUT2D eigenvalue weighted by molar-refractivity contribution is 5.90. The number of hydrazone groups is 1. The summed E-state index contributed by atoms with van der Waals surface area (Å²) < 4.78 is 11.2. The molecule has 2 aliphatic heterocycles. The van der Waals surface area contributed by atoms with Crippen molar-refractivity contribution in [2.75, 3.05) is 12.1 Å². The molecule has 2 aromatic rings. The van der Waals surface area contributed by atoms with E-state index in [9.17, 15) is 5.26 Å². The van der Waals surface area contributed by atoms with Crippen LogP contribution in [0.1, 0.15) is 18.4 Å². The van der Waals surface area contributed by atoms with Gasteiger partial charge in [0.2, 0.25) is 12.1 Å².